The highest BCUT2D eigenvalue weighted by Gasteiger charge is 2.39. The van der Waals surface area contributed by atoms with Crippen LogP contribution in [0.25, 0.3) is 11.2 Å². The van der Waals surface area contributed by atoms with E-state index in [0.29, 0.717) is 24.8 Å². The van der Waals surface area contributed by atoms with Crippen molar-refractivity contribution in [2.45, 2.75) is 154 Å². The number of aromatic nitrogens is 4. The maximum atomic E-state index is 13.3. The van der Waals surface area contributed by atoms with Gasteiger partial charge in [0.05, 0.1) is 12.9 Å². The highest BCUT2D eigenvalue weighted by Crippen LogP contribution is 2.37. The van der Waals surface area contributed by atoms with Crippen molar-refractivity contribution in [3.63, 3.8) is 0 Å². The summed E-state index contributed by atoms with van der Waals surface area (Å²) in [6.45, 7) is 2.00. The fourth-order valence-corrected chi connectivity index (χ4v) is 5.50. The molecule has 43 heavy (non-hydrogen) atoms. The number of hydrogen-bond donors (Lipinski definition) is 3. The number of aliphatic carboxylic acids is 1. The molecule has 1 aliphatic rings. The zero-order valence-electron chi connectivity index (χ0n) is 26.2. The number of fused-ring (bicyclic) bond motifs is 1. The van der Waals surface area contributed by atoms with Crippen molar-refractivity contribution in [3.05, 3.63) is 12.4 Å². The number of ether oxygens (including phenoxy) is 1. The molecule has 9 nitrogen and oxygen atoms in total. The third-order valence-electron chi connectivity index (χ3n) is 8.15. The molecule has 1 fully saturated rings. The zero-order chi connectivity index (χ0) is 31.3. The summed E-state index contributed by atoms with van der Waals surface area (Å²) >= 11 is 0. The monoisotopic (exact) mass is 603 g/mol. The smallest absolute Gasteiger partial charge is 0.312 e. The second kappa shape index (κ2) is 21.0. The van der Waals surface area contributed by atoms with Crippen LogP contribution in [0.4, 0.5) is 10.2 Å². The lowest BCUT2D eigenvalue weighted by molar-refractivity contribution is -0.137. The highest BCUT2D eigenvalue weighted by molar-refractivity contribution is 5.81. The number of nitrogen functional groups attached to an aromatic ring is 1. The molecule has 0 aliphatic carbocycles. The molecule has 242 valence electrons. The summed E-state index contributed by atoms with van der Waals surface area (Å²) in [4.78, 5) is 21.5. The lowest BCUT2D eigenvalue weighted by atomic mass is 10.0. The fourth-order valence-electron chi connectivity index (χ4n) is 5.50. The van der Waals surface area contributed by atoms with Crippen molar-refractivity contribution < 1.29 is 24.1 Å². The Labute approximate surface area is 257 Å². The van der Waals surface area contributed by atoms with E-state index < -0.39 is 23.9 Å². The Morgan fingerprint density at radius 1 is 1.00 bits per heavy atom. The number of unbranched alkanes of at least 4 members (excludes halogenated alkanes) is 17. The molecule has 2 atom stereocenters. The van der Waals surface area contributed by atoms with Gasteiger partial charge in [0.15, 0.2) is 22.6 Å². The number of aliphatic hydroxyl groups excluding tert-OH is 1. The molecular weight excluding hydrogens is 549 g/mol. The minimum Gasteiger partial charge on any atom is -0.481 e. The molecule has 2 aromatic rings. The number of nitrogens with two attached hydrogens (primary N) is 1. The number of carboxylic acids is 1. The molecule has 0 bridgehead atoms. The Kier molecular flexibility index (Phi) is 17.8. The number of hydrogen-bond acceptors (Lipinski definition) is 7. The van der Waals surface area contributed by atoms with E-state index in [1.165, 1.54) is 109 Å². The summed E-state index contributed by atoms with van der Waals surface area (Å²) in [6.07, 6.45) is 31.1. The van der Waals surface area contributed by atoms with Crippen LogP contribution in [0.1, 0.15) is 148 Å². The maximum absolute atomic E-state index is 13.3. The second-order valence-electron chi connectivity index (χ2n) is 11.8. The average molecular weight is 604 g/mol. The first-order chi connectivity index (χ1) is 20.9. The summed E-state index contributed by atoms with van der Waals surface area (Å²) in [5, 5.41) is 17.9. The van der Waals surface area contributed by atoms with Crippen molar-refractivity contribution in [1.29, 1.82) is 0 Å². The topological polar surface area (TPSA) is 136 Å². The number of anilines is 1. The van der Waals surface area contributed by atoms with Crippen LogP contribution in [0, 0.1) is 18.4 Å². The molecule has 2 aromatic heterocycles. The van der Waals surface area contributed by atoms with Gasteiger partial charge in [0.2, 0.25) is 0 Å². The number of carboxylic acid groups (broad SMARTS) is 1. The van der Waals surface area contributed by atoms with E-state index in [1.54, 1.807) is 4.57 Å². The second-order valence-corrected chi connectivity index (χ2v) is 11.8. The summed E-state index contributed by atoms with van der Waals surface area (Å²) in [5.41, 5.74) is 5.12. The standard InChI is InChI=1S/C21H42O2.C12H12FN5O2/c1-2-3-4-5-6-7-8-9-10-11-12-13-14-15-16-17-18-19-20-21(22)23;1-2-12(5-19)4-3-7(20-12)18-6-15-8-9(14)16-11(13)17-10(8)18/h2-20H2,1H3,(H,22,23);1,6-7,19H,3-5H2,(H2,14,16,17)/t;7-,12+/m.1/s1. The quantitative estimate of drug-likeness (QED) is 0.0749. The van der Waals surface area contributed by atoms with Gasteiger partial charge >= 0.3 is 12.0 Å². The van der Waals surface area contributed by atoms with Gasteiger partial charge in [-0.2, -0.15) is 14.4 Å². The van der Waals surface area contributed by atoms with Crippen LogP contribution in [0.3, 0.4) is 0 Å². The molecule has 0 amide bonds. The molecular formula is C33H54FN5O4. The number of halogens is 1. The largest absolute Gasteiger partial charge is 0.481 e. The zero-order valence-corrected chi connectivity index (χ0v) is 26.2. The molecule has 10 heteroatoms. The Morgan fingerprint density at radius 3 is 1.95 bits per heavy atom. The summed E-state index contributed by atoms with van der Waals surface area (Å²) in [7, 11) is 0. The van der Waals surface area contributed by atoms with Crippen molar-refractivity contribution in [1.82, 2.24) is 19.5 Å². The van der Waals surface area contributed by atoms with Crippen LogP contribution in [0.5, 0.6) is 0 Å². The number of imidazole rings is 1. The van der Waals surface area contributed by atoms with E-state index in [2.05, 4.69) is 27.8 Å². The Bertz CT molecular complexity index is 1100. The molecule has 0 radical (unpaired) electrons. The van der Waals surface area contributed by atoms with Gasteiger partial charge in [0.1, 0.15) is 6.23 Å². The van der Waals surface area contributed by atoms with Crippen molar-refractivity contribution in [3.8, 4) is 12.3 Å². The van der Waals surface area contributed by atoms with Gasteiger partial charge in [-0.3, -0.25) is 9.36 Å². The van der Waals surface area contributed by atoms with Crippen LogP contribution < -0.4 is 5.73 Å². The van der Waals surface area contributed by atoms with Crippen LogP contribution in [0.2, 0.25) is 0 Å². The third kappa shape index (κ3) is 13.6. The Balaban J connectivity index is 0.000000302. The van der Waals surface area contributed by atoms with Gasteiger partial charge in [-0.1, -0.05) is 122 Å². The van der Waals surface area contributed by atoms with E-state index in [0.717, 1.165) is 12.8 Å². The number of terminal acetylenes is 1. The Morgan fingerprint density at radius 2 is 1.51 bits per heavy atom. The number of carbonyl (C=O) groups is 1. The molecule has 3 heterocycles. The predicted octanol–water partition coefficient (Wildman–Crippen LogP) is 7.72. The highest BCUT2D eigenvalue weighted by atomic mass is 19.1. The minimum absolute atomic E-state index is 0.0328. The first kappa shape index (κ1) is 36.4. The molecule has 0 spiro atoms. The minimum atomic E-state index is -1.02. The van der Waals surface area contributed by atoms with E-state index in [1.807, 2.05) is 0 Å². The van der Waals surface area contributed by atoms with E-state index >= 15 is 0 Å². The van der Waals surface area contributed by atoms with Gasteiger partial charge in [-0.15, -0.1) is 6.42 Å². The van der Waals surface area contributed by atoms with Crippen molar-refractivity contribution in [2.75, 3.05) is 12.3 Å². The summed E-state index contributed by atoms with van der Waals surface area (Å²) in [6, 6.07) is 0. The predicted molar refractivity (Wildman–Crippen MR) is 169 cm³/mol. The van der Waals surface area contributed by atoms with Crippen LogP contribution in [-0.2, 0) is 9.53 Å². The van der Waals surface area contributed by atoms with Crippen molar-refractivity contribution in [2.24, 2.45) is 0 Å². The van der Waals surface area contributed by atoms with Gasteiger partial charge in [-0.25, -0.2) is 4.98 Å². The molecule has 0 saturated carbocycles. The Hall–Kier alpha value is -2.77. The lowest BCUT2D eigenvalue weighted by Crippen LogP contribution is -2.31. The average Bonchev–Trinajstić information content (AvgIpc) is 3.62. The molecule has 1 saturated heterocycles. The number of aliphatic hydroxyl groups is 1. The lowest BCUT2D eigenvalue weighted by Gasteiger charge is -2.21. The normalized spacial score (nSPS) is 18.0. The van der Waals surface area contributed by atoms with E-state index in [9.17, 15) is 14.3 Å². The van der Waals surface area contributed by atoms with Gasteiger partial charge in [0.25, 0.3) is 0 Å². The van der Waals surface area contributed by atoms with E-state index in [-0.39, 0.29) is 18.1 Å². The summed E-state index contributed by atoms with van der Waals surface area (Å²) in [5.74, 6) is 1.77. The maximum Gasteiger partial charge on any atom is 0.312 e. The van der Waals surface area contributed by atoms with Crippen LogP contribution in [-0.4, -0.2) is 47.9 Å². The molecule has 0 aromatic carbocycles. The van der Waals surface area contributed by atoms with Crippen LogP contribution in [0.15, 0.2) is 6.33 Å². The fraction of sp³-hybridized carbons (Fsp3) is 0.758. The van der Waals surface area contributed by atoms with Crippen molar-refractivity contribution >= 4 is 23.0 Å². The van der Waals surface area contributed by atoms with Gasteiger partial charge < -0.3 is 20.7 Å². The SMILES string of the molecule is C#C[C@@]1(CO)CC[C@H](n2cnc3c(N)nc(F)nc32)O1.CCCCCCCCCCCCCCCCCCCCC(=O)O. The van der Waals surface area contributed by atoms with Gasteiger partial charge in [0, 0.05) is 6.42 Å². The first-order valence-electron chi connectivity index (χ1n) is 16.5. The van der Waals surface area contributed by atoms with Gasteiger partial charge in [-0.05, 0) is 19.3 Å². The van der Waals surface area contributed by atoms with Crippen LogP contribution >= 0.6 is 0 Å². The molecule has 0 unspecified atom stereocenters. The third-order valence-corrected chi connectivity index (χ3v) is 8.15. The molecule has 4 N–H and O–H groups in total. The summed E-state index contributed by atoms with van der Waals surface area (Å²) < 4.78 is 20.5. The number of rotatable bonds is 21. The first-order valence-corrected chi connectivity index (χ1v) is 16.5. The molecule has 3 rings (SSSR count). The molecule has 1 aliphatic heterocycles. The van der Waals surface area contributed by atoms with E-state index in [4.69, 9.17) is 22.0 Å². The number of nitrogens with zero attached hydrogens (tertiary/aromatic N) is 4.